The van der Waals surface area contributed by atoms with Crippen molar-refractivity contribution in [1.29, 1.82) is 0 Å². The predicted octanol–water partition coefficient (Wildman–Crippen LogP) is 2.67. The Morgan fingerprint density at radius 3 is 2.43 bits per heavy atom. The Morgan fingerprint density at radius 1 is 1.10 bits per heavy atom. The van der Waals surface area contributed by atoms with E-state index in [-0.39, 0.29) is 17.9 Å². The maximum absolute atomic E-state index is 11.8. The van der Waals surface area contributed by atoms with Crippen LogP contribution in [-0.4, -0.2) is 17.0 Å². The Kier molecular flexibility index (Phi) is 4.56. The van der Waals surface area contributed by atoms with E-state index in [1.54, 1.807) is 36.4 Å². The quantitative estimate of drug-likeness (QED) is 0.691. The SMILES string of the molecule is CC(=O)Oc1ccc(COC(=O)c2cccc(O)c2)cc1. The Labute approximate surface area is 121 Å². The van der Waals surface area contributed by atoms with Gasteiger partial charge in [-0.3, -0.25) is 4.79 Å². The lowest BCUT2D eigenvalue weighted by molar-refractivity contribution is -0.131. The van der Waals surface area contributed by atoms with Gasteiger partial charge in [0.15, 0.2) is 0 Å². The fraction of sp³-hybridized carbons (Fsp3) is 0.125. The van der Waals surface area contributed by atoms with Gasteiger partial charge in [-0.15, -0.1) is 0 Å². The molecule has 0 heterocycles. The van der Waals surface area contributed by atoms with Crippen LogP contribution in [0.4, 0.5) is 0 Å². The van der Waals surface area contributed by atoms with Crippen LogP contribution in [0, 0.1) is 0 Å². The second-order valence-electron chi connectivity index (χ2n) is 4.36. The van der Waals surface area contributed by atoms with Gasteiger partial charge in [0, 0.05) is 6.92 Å². The topological polar surface area (TPSA) is 72.8 Å². The molecule has 0 amide bonds. The molecule has 5 heteroatoms. The molecule has 5 nitrogen and oxygen atoms in total. The minimum absolute atomic E-state index is 0.00943. The second-order valence-corrected chi connectivity index (χ2v) is 4.36. The Balaban J connectivity index is 1.93. The zero-order chi connectivity index (χ0) is 15.2. The maximum Gasteiger partial charge on any atom is 0.338 e. The van der Waals surface area contributed by atoms with Gasteiger partial charge in [-0.25, -0.2) is 4.79 Å². The number of phenols is 1. The lowest BCUT2D eigenvalue weighted by atomic mass is 10.2. The van der Waals surface area contributed by atoms with Crippen molar-refractivity contribution in [2.24, 2.45) is 0 Å². The Morgan fingerprint density at radius 2 is 1.81 bits per heavy atom. The minimum Gasteiger partial charge on any atom is -0.508 e. The highest BCUT2D eigenvalue weighted by atomic mass is 16.5. The van der Waals surface area contributed by atoms with Gasteiger partial charge in [-0.2, -0.15) is 0 Å². The molecule has 0 saturated heterocycles. The van der Waals surface area contributed by atoms with E-state index in [0.717, 1.165) is 5.56 Å². The first-order valence-corrected chi connectivity index (χ1v) is 6.28. The van der Waals surface area contributed by atoms with Crippen molar-refractivity contribution in [3.8, 4) is 11.5 Å². The largest absolute Gasteiger partial charge is 0.508 e. The van der Waals surface area contributed by atoms with Crippen LogP contribution in [0.3, 0.4) is 0 Å². The smallest absolute Gasteiger partial charge is 0.338 e. The molecule has 0 aliphatic heterocycles. The van der Waals surface area contributed by atoms with Crippen LogP contribution in [0.25, 0.3) is 0 Å². The van der Waals surface area contributed by atoms with E-state index >= 15 is 0 Å². The highest BCUT2D eigenvalue weighted by molar-refractivity contribution is 5.89. The van der Waals surface area contributed by atoms with Crippen molar-refractivity contribution in [3.63, 3.8) is 0 Å². The lowest BCUT2D eigenvalue weighted by Gasteiger charge is -2.06. The summed E-state index contributed by atoms with van der Waals surface area (Å²) in [7, 11) is 0. The summed E-state index contributed by atoms with van der Waals surface area (Å²) in [6.07, 6.45) is 0. The average molecular weight is 286 g/mol. The summed E-state index contributed by atoms with van der Waals surface area (Å²) in [6.45, 7) is 1.42. The van der Waals surface area contributed by atoms with Gasteiger partial charge in [0.25, 0.3) is 0 Å². The monoisotopic (exact) mass is 286 g/mol. The van der Waals surface area contributed by atoms with E-state index in [9.17, 15) is 14.7 Å². The number of ether oxygens (including phenoxy) is 2. The van der Waals surface area contributed by atoms with Crippen LogP contribution >= 0.6 is 0 Å². The van der Waals surface area contributed by atoms with E-state index in [1.165, 1.54) is 19.1 Å². The van der Waals surface area contributed by atoms with Gasteiger partial charge in [-0.1, -0.05) is 18.2 Å². The first-order chi connectivity index (χ1) is 10.0. The van der Waals surface area contributed by atoms with E-state index in [1.807, 2.05) is 0 Å². The van der Waals surface area contributed by atoms with Crippen molar-refractivity contribution in [2.75, 3.05) is 0 Å². The summed E-state index contributed by atoms with van der Waals surface area (Å²) < 4.78 is 10.0. The van der Waals surface area contributed by atoms with Gasteiger partial charge in [0.05, 0.1) is 5.56 Å². The van der Waals surface area contributed by atoms with E-state index in [4.69, 9.17) is 9.47 Å². The normalized spacial score (nSPS) is 9.95. The number of esters is 2. The van der Waals surface area contributed by atoms with Crippen LogP contribution in [-0.2, 0) is 16.1 Å². The molecule has 0 atom stereocenters. The molecule has 0 aromatic heterocycles. The van der Waals surface area contributed by atoms with Gasteiger partial charge in [0.1, 0.15) is 18.1 Å². The summed E-state index contributed by atoms with van der Waals surface area (Å²) in [5, 5.41) is 9.30. The second kappa shape index (κ2) is 6.56. The van der Waals surface area contributed by atoms with Gasteiger partial charge in [0.2, 0.25) is 0 Å². The lowest BCUT2D eigenvalue weighted by Crippen LogP contribution is -2.05. The van der Waals surface area contributed by atoms with Crippen molar-refractivity contribution >= 4 is 11.9 Å². The zero-order valence-corrected chi connectivity index (χ0v) is 11.4. The molecule has 2 aromatic rings. The number of hydrogen-bond acceptors (Lipinski definition) is 5. The van der Waals surface area contributed by atoms with Crippen molar-refractivity contribution in [1.82, 2.24) is 0 Å². The van der Waals surface area contributed by atoms with Gasteiger partial charge < -0.3 is 14.6 Å². The third kappa shape index (κ3) is 4.35. The third-order valence-electron chi connectivity index (χ3n) is 2.64. The molecule has 108 valence electrons. The standard InChI is InChI=1S/C16H14O5/c1-11(17)21-15-7-5-12(6-8-15)10-20-16(19)13-3-2-4-14(18)9-13/h2-9,18H,10H2,1H3. The number of aromatic hydroxyl groups is 1. The zero-order valence-electron chi connectivity index (χ0n) is 11.4. The molecule has 21 heavy (non-hydrogen) atoms. The van der Waals surface area contributed by atoms with Crippen LogP contribution in [0.2, 0.25) is 0 Å². The molecular weight excluding hydrogens is 272 g/mol. The van der Waals surface area contributed by atoms with E-state index < -0.39 is 11.9 Å². The minimum atomic E-state index is -0.519. The highest BCUT2D eigenvalue weighted by Crippen LogP contribution is 2.15. The third-order valence-corrected chi connectivity index (χ3v) is 2.64. The van der Waals surface area contributed by atoms with Gasteiger partial charge in [-0.05, 0) is 35.9 Å². The predicted molar refractivity (Wildman–Crippen MR) is 75.0 cm³/mol. The summed E-state index contributed by atoms with van der Waals surface area (Å²) >= 11 is 0. The van der Waals surface area contributed by atoms with E-state index in [0.29, 0.717) is 5.75 Å². The molecule has 0 bridgehead atoms. The number of benzene rings is 2. The molecule has 1 N–H and O–H groups in total. The number of phenolic OH excluding ortho intramolecular Hbond substituents is 1. The van der Waals surface area contributed by atoms with E-state index in [2.05, 4.69) is 0 Å². The molecule has 0 spiro atoms. The number of hydrogen-bond donors (Lipinski definition) is 1. The molecule has 0 aliphatic carbocycles. The Bertz CT molecular complexity index is 646. The van der Waals surface area contributed by atoms with Crippen molar-refractivity contribution < 1.29 is 24.2 Å². The number of carbonyl (C=O) groups is 2. The summed E-state index contributed by atoms with van der Waals surface area (Å²) in [5.41, 5.74) is 1.05. The summed E-state index contributed by atoms with van der Waals surface area (Å²) in [6, 6.07) is 12.6. The van der Waals surface area contributed by atoms with Crippen molar-refractivity contribution in [2.45, 2.75) is 13.5 Å². The maximum atomic E-state index is 11.8. The summed E-state index contributed by atoms with van der Waals surface area (Å²) in [4.78, 5) is 22.6. The number of rotatable bonds is 4. The molecule has 0 saturated carbocycles. The number of carbonyl (C=O) groups excluding carboxylic acids is 2. The first-order valence-electron chi connectivity index (χ1n) is 6.28. The summed E-state index contributed by atoms with van der Waals surface area (Å²) in [5.74, 6) is -0.464. The van der Waals surface area contributed by atoms with Crippen LogP contribution in [0.15, 0.2) is 48.5 Å². The highest BCUT2D eigenvalue weighted by Gasteiger charge is 2.08. The molecule has 0 aliphatic rings. The molecular formula is C16H14O5. The molecule has 0 fully saturated rings. The first kappa shape index (κ1) is 14.6. The molecule has 0 radical (unpaired) electrons. The van der Waals surface area contributed by atoms with Gasteiger partial charge >= 0.3 is 11.9 Å². The van der Waals surface area contributed by atoms with Crippen LogP contribution < -0.4 is 4.74 Å². The van der Waals surface area contributed by atoms with Crippen molar-refractivity contribution in [3.05, 3.63) is 59.7 Å². The average Bonchev–Trinajstić information content (AvgIpc) is 2.45. The Hall–Kier alpha value is -2.82. The fourth-order valence-electron chi connectivity index (χ4n) is 1.68. The fourth-order valence-corrected chi connectivity index (χ4v) is 1.68. The molecule has 2 aromatic carbocycles. The van der Waals surface area contributed by atoms with Crippen LogP contribution in [0.1, 0.15) is 22.8 Å². The van der Waals surface area contributed by atoms with Crippen LogP contribution in [0.5, 0.6) is 11.5 Å². The molecule has 0 unspecified atom stereocenters. The molecule has 2 rings (SSSR count).